The molecule has 0 aliphatic carbocycles. The third-order valence-electron chi connectivity index (χ3n) is 5.50. The molecule has 3 rings (SSSR count). The molecule has 0 radical (unpaired) electrons. The number of nitrogens with zero attached hydrogens (tertiary/aromatic N) is 5. The first-order valence-corrected chi connectivity index (χ1v) is 9.89. The van der Waals surface area contributed by atoms with Gasteiger partial charge in [0.25, 0.3) is 11.8 Å². The summed E-state index contributed by atoms with van der Waals surface area (Å²) in [5, 5.41) is 20.9. The van der Waals surface area contributed by atoms with Gasteiger partial charge in [-0.15, -0.1) is 0 Å². The first-order chi connectivity index (χ1) is 14.8. The van der Waals surface area contributed by atoms with E-state index in [1.807, 2.05) is 6.92 Å². The fourth-order valence-corrected chi connectivity index (χ4v) is 3.66. The van der Waals surface area contributed by atoms with Gasteiger partial charge in [-0.25, -0.2) is 0 Å². The lowest BCUT2D eigenvalue weighted by Gasteiger charge is -2.40. The number of hydrogen-bond donors (Lipinski definition) is 2. The number of primary amides is 1. The predicted octanol–water partition coefficient (Wildman–Crippen LogP) is 2.33. The second-order valence-corrected chi connectivity index (χ2v) is 7.45. The molecule has 10 nitrogen and oxygen atoms in total. The summed E-state index contributed by atoms with van der Waals surface area (Å²) >= 11 is 0. The Labute approximate surface area is 180 Å². The van der Waals surface area contributed by atoms with Gasteiger partial charge >= 0.3 is 0 Å². The minimum absolute atomic E-state index is 0.176. The van der Waals surface area contributed by atoms with E-state index in [0.29, 0.717) is 43.2 Å². The van der Waals surface area contributed by atoms with E-state index in [1.54, 1.807) is 40.9 Å². The first-order valence-electron chi connectivity index (χ1n) is 9.89. The molecule has 10 heteroatoms. The molecule has 2 aromatic heterocycles. The van der Waals surface area contributed by atoms with Crippen molar-refractivity contribution in [1.29, 1.82) is 5.26 Å². The van der Waals surface area contributed by atoms with Crippen molar-refractivity contribution < 1.29 is 14.1 Å². The number of aromatic nitrogens is 3. The average Bonchev–Trinajstić information content (AvgIpc) is 3.39. The molecule has 0 unspecified atom stereocenters. The molecule has 0 saturated carbocycles. The van der Waals surface area contributed by atoms with E-state index in [4.69, 9.17) is 10.3 Å². The van der Waals surface area contributed by atoms with Gasteiger partial charge in [-0.1, -0.05) is 17.8 Å². The van der Waals surface area contributed by atoms with Gasteiger partial charge in [-0.05, 0) is 32.8 Å². The SMILES string of the molecule is C=C/C(=C\C)Nc1nn(C2(CC#N)CCN(C(=O)c3cc(C)on3)CC2)cc1C(N)=O. The minimum atomic E-state index is -0.667. The maximum Gasteiger partial charge on any atom is 0.276 e. The molecular weight excluding hydrogens is 398 g/mol. The standard InChI is InChI=1S/C21H25N7O3/c1-4-15(5-2)24-19-16(18(23)29)13-28(25-19)21(6-9-22)7-10-27(11-8-21)20(30)17-12-14(3)31-26-17/h4-5,12-13H,1,6-8,10-11H2,2-3H3,(H2,23,29)(H,24,25)/b15-5+. The second-order valence-electron chi connectivity index (χ2n) is 7.45. The van der Waals surface area contributed by atoms with Gasteiger partial charge < -0.3 is 20.5 Å². The largest absolute Gasteiger partial charge is 0.365 e. The quantitative estimate of drug-likeness (QED) is 0.650. The van der Waals surface area contributed by atoms with E-state index >= 15 is 0 Å². The number of carbonyl (C=O) groups excluding carboxylic acids is 2. The minimum Gasteiger partial charge on any atom is -0.365 e. The molecule has 1 saturated heterocycles. The van der Waals surface area contributed by atoms with Gasteiger partial charge in [0.15, 0.2) is 11.5 Å². The lowest BCUT2D eigenvalue weighted by Crippen LogP contribution is -2.48. The van der Waals surface area contributed by atoms with Crippen molar-refractivity contribution >= 4 is 17.6 Å². The van der Waals surface area contributed by atoms with Crippen molar-refractivity contribution in [2.24, 2.45) is 5.73 Å². The molecule has 2 amide bonds. The van der Waals surface area contributed by atoms with Gasteiger partial charge in [0, 0.05) is 31.0 Å². The zero-order valence-corrected chi connectivity index (χ0v) is 17.6. The van der Waals surface area contributed by atoms with Gasteiger partial charge in [-0.2, -0.15) is 10.4 Å². The molecule has 1 aliphatic rings. The summed E-state index contributed by atoms with van der Waals surface area (Å²) in [6.07, 6.45) is 6.11. The number of nitriles is 1. The Bertz CT molecular complexity index is 1070. The number of piperidine rings is 1. The van der Waals surface area contributed by atoms with Crippen LogP contribution in [0.25, 0.3) is 0 Å². The molecule has 0 spiro atoms. The van der Waals surface area contributed by atoms with Crippen LogP contribution in [0.4, 0.5) is 5.82 Å². The summed E-state index contributed by atoms with van der Waals surface area (Å²) in [4.78, 5) is 26.4. The van der Waals surface area contributed by atoms with Crippen LogP contribution in [0.2, 0.25) is 0 Å². The molecular formula is C21H25N7O3. The van der Waals surface area contributed by atoms with E-state index in [-0.39, 0.29) is 23.6 Å². The number of carbonyl (C=O) groups is 2. The number of likely N-dealkylation sites (tertiary alicyclic amines) is 1. The van der Waals surface area contributed by atoms with Crippen LogP contribution in [0.5, 0.6) is 0 Å². The summed E-state index contributed by atoms with van der Waals surface area (Å²) in [7, 11) is 0. The van der Waals surface area contributed by atoms with Crippen LogP contribution < -0.4 is 11.1 Å². The molecule has 1 aliphatic heterocycles. The molecule has 31 heavy (non-hydrogen) atoms. The Morgan fingerprint density at radius 3 is 2.68 bits per heavy atom. The van der Waals surface area contributed by atoms with E-state index in [1.165, 1.54) is 0 Å². The Hall–Kier alpha value is -3.87. The summed E-state index contributed by atoms with van der Waals surface area (Å²) in [6.45, 7) is 8.09. The Morgan fingerprint density at radius 1 is 1.45 bits per heavy atom. The smallest absolute Gasteiger partial charge is 0.276 e. The third kappa shape index (κ3) is 4.35. The van der Waals surface area contributed by atoms with Crippen LogP contribution in [0, 0.1) is 18.3 Å². The zero-order chi connectivity index (χ0) is 22.6. The number of hydrogen-bond acceptors (Lipinski definition) is 7. The van der Waals surface area contributed by atoms with Crippen molar-refractivity contribution in [2.75, 3.05) is 18.4 Å². The Morgan fingerprint density at radius 2 is 2.16 bits per heavy atom. The lowest BCUT2D eigenvalue weighted by atomic mass is 9.84. The summed E-state index contributed by atoms with van der Waals surface area (Å²) in [5.41, 5.74) is 6.03. The lowest BCUT2D eigenvalue weighted by molar-refractivity contribution is 0.0570. The predicted molar refractivity (Wildman–Crippen MR) is 113 cm³/mol. The molecule has 0 atom stereocenters. The molecule has 0 bridgehead atoms. The van der Waals surface area contributed by atoms with Gasteiger partial charge in [0.2, 0.25) is 0 Å². The number of aryl methyl sites for hydroxylation is 1. The highest BCUT2D eigenvalue weighted by molar-refractivity contribution is 5.97. The number of allylic oxidation sites excluding steroid dienone is 2. The summed E-state index contributed by atoms with van der Waals surface area (Å²) in [6, 6.07) is 3.82. The molecule has 2 aromatic rings. The van der Waals surface area contributed by atoms with E-state index in [2.05, 4.69) is 28.2 Å². The highest BCUT2D eigenvalue weighted by atomic mass is 16.5. The van der Waals surface area contributed by atoms with E-state index < -0.39 is 11.4 Å². The fraction of sp³-hybridized carbons (Fsp3) is 0.381. The zero-order valence-electron chi connectivity index (χ0n) is 17.6. The third-order valence-corrected chi connectivity index (χ3v) is 5.50. The van der Waals surface area contributed by atoms with E-state index in [0.717, 1.165) is 0 Å². The normalized spacial score (nSPS) is 15.9. The number of rotatable bonds is 7. The van der Waals surface area contributed by atoms with Crippen LogP contribution in [-0.2, 0) is 5.54 Å². The highest BCUT2D eigenvalue weighted by Gasteiger charge is 2.39. The van der Waals surface area contributed by atoms with Crippen LogP contribution in [0.15, 0.2) is 41.2 Å². The van der Waals surface area contributed by atoms with Crippen LogP contribution >= 0.6 is 0 Å². The van der Waals surface area contributed by atoms with Crippen molar-refractivity contribution in [3.63, 3.8) is 0 Å². The van der Waals surface area contributed by atoms with Gasteiger partial charge in [0.1, 0.15) is 11.3 Å². The van der Waals surface area contributed by atoms with Crippen molar-refractivity contribution in [2.45, 2.75) is 38.6 Å². The molecule has 3 heterocycles. The van der Waals surface area contributed by atoms with Crippen molar-refractivity contribution in [3.05, 3.63) is 53.7 Å². The van der Waals surface area contributed by atoms with Crippen LogP contribution in [0.3, 0.4) is 0 Å². The maximum atomic E-state index is 12.7. The monoisotopic (exact) mass is 423 g/mol. The number of nitrogens with two attached hydrogens (primary N) is 1. The fourth-order valence-electron chi connectivity index (χ4n) is 3.66. The second kappa shape index (κ2) is 8.87. The number of anilines is 1. The van der Waals surface area contributed by atoms with Gasteiger partial charge in [-0.3, -0.25) is 14.3 Å². The maximum absolute atomic E-state index is 12.7. The number of amides is 2. The van der Waals surface area contributed by atoms with E-state index in [9.17, 15) is 14.9 Å². The molecule has 0 aromatic carbocycles. The Kier molecular flexibility index (Phi) is 6.25. The molecule has 162 valence electrons. The Balaban J connectivity index is 1.87. The van der Waals surface area contributed by atoms with Crippen LogP contribution in [0.1, 0.15) is 52.8 Å². The topological polar surface area (TPSA) is 143 Å². The van der Waals surface area contributed by atoms with Crippen molar-refractivity contribution in [1.82, 2.24) is 19.8 Å². The van der Waals surface area contributed by atoms with Gasteiger partial charge in [0.05, 0.1) is 18.0 Å². The summed E-state index contributed by atoms with van der Waals surface area (Å²) in [5.74, 6) is 0.0188. The molecule has 3 N–H and O–H groups in total. The number of nitrogens with one attached hydrogen (secondary N) is 1. The average molecular weight is 423 g/mol. The van der Waals surface area contributed by atoms with Crippen LogP contribution in [-0.4, -0.2) is 44.7 Å². The first kappa shape index (κ1) is 21.8. The summed E-state index contributed by atoms with van der Waals surface area (Å²) < 4.78 is 6.63. The molecule has 1 fully saturated rings. The van der Waals surface area contributed by atoms with Crippen molar-refractivity contribution in [3.8, 4) is 6.07 Å². The highest BCUT2D eigenvalue weighted by Crippen LogP contribution is 2.35.